The average Bonchev–Trinajstić information content (AvgIpc) is 2.72. The monoisotopic (exact) mass is 535 g/mol. The molecule has 0 fully saturated rings. The molecule has 1 heterocycles. The maximum atomic E-state index is 12.3. The van der Waals surface area contributed by atoms with Crippen molar-refractivity contribution in [1.29, 1.82) is 0 Å². The zero-order chi connectivity index (χ0) is 22.8. The minimum Gasteiger partial charge on any atom is -0.507 e. The summed E-state index contributed by atoms with van der Waals surface area (Å²) >= 11 is 2.01. The third kappa shape index (κ3) is 4.97. The summed E-state index contributed by atoms with van der Waals surface area (Å²) in [5, 5.41) is 13.9. The first-order valence-electron chi connectivity index (χ1n) is 10.5. The summed E-state index contributed by atoms with van der Waals surface area (Å²) in [6, 6.07) is 8.97. The van der Waals surface area contributed by atoms with Gasteiger partial charge < -0.3 is 14.7 Å². The number of methoxy groups -OCH3 is 1. The van der Waals surface area contributed by atoms with Crippen molar-refractivity contribution in [2.24, 2.45) is 5.10 Å². The van der Waals surface area contributed by atoms with Crippen molar-refractivity contribution in [2.75, 3.05) is 18.6 Å². The van der Waals surface area contributed by atoms with E-state index < -0.39 is 0 Å². The van der Waals surface area contributed by atoms with E-state index in [-0.39, 0.29) is 17.2 Å². The van der Waals surface area contributed by atoms with Gasteiger partial charge in [-0.3, -0.25) is 4.79 Å². The van der Waals surface area contributed by atoms with Crippen molar-refractivity contribution in [3.63, 3.8) is 0 Å². The van der Waals surface area contributed by atoms with Crippen molar-refractivity contribution < 1.29 is 14.6 Å². The lowest BCUT2D eigenvalue weighted by Gasteiger charge is -2.47. The second-order valence-electron chi connectivity index (χ2n) is 8.59. The van der Waals surface area contributed by atoms with E-state index >= 15 is 0 Å². The number of hydrogen-bond acceptors (Lipinski definition) is 5. The number of nitrogens with one attached hydrogen (secondary N) is 1. The van der Waals surface area contributed by atoms with Gasteiger partial charge in [-0.2, -0.15) is 5.10 Å². The number of hydrogen-bond donors (Lipinski definition) is 2. The van der Waals surface area contributed by atoms with Gasteiger partial charge in [0.2, 0.25) is 0 Å². The normalized spacial score (nSPS) is 17.5. The molecule has 0 saturated carbocycles. The van der Waals surface area contributed by atoms with Crippen LogP contribution in [0.15, 0.2) is 35.4 Å². The summed E-state index contributed by atoms with van der Waals surface area (Å²) in [7, 11) is 1.65. The highest BCUT2D eigenvalue weighted by Crippen LogP contribution is 2.45. The Morgan fingerprint density at radius 3 is 2.77 bits per heavy atom. The van der Waals surface area contributed by atoms with Crippen LogP contribution < -0.4 is 15.1 Å². The summed E-state index contributed by atoms with van der Waals surface area (Å²) in [6.45, 7) is 10.0. The number of halogens is 1. The third-order valence-electron chi connectivity index (χ3n) is 5.76. The predicted molar refractivity (Wildman–Crippen MR) is 134 cm³/mol. The van der Waals surface area contributed by atoms with Gasteiger partial charge in [-0.1, -0.05) is 13.8 Å². The number of rotatable bonds is 6. The maximum absolute atomic E-state index is 12.3. The van der Waals surface area contributed by atoms with Crippen molar-refractivity contribution in [3.05, 3.63) is 50.6 Å². The molecule has 1 unspecified atom stereocenters. The number of benzene rings is 2. The molecule has 7 heteroatoms. The Morgan fingerprint density at radius 2 is 2.13 bits per heavy atom. The molecule has 0 radical (unpaired) electrons. The summed E-state index contributed by atoms with van der Waals surface area (Å²) in [4.78, 5) is 14.8. The predicted octanol–water partition coefficient (Wildman–Crippen LogP) is 5.27. The zero-order valence-corrected chi connectivity index (χ0v) is 20.9. The van der Waals surface area contributed by atoms with Crippen LogP contribution in [0.3, 0.4) is 0 Å². The number of ether oxygens (including phenoxy) is 1. The van der Waals surface area contributed by atoms with E-state index in [9.17, 15) is 9.90 Å². The Kier molecular flexibility index (Phi) is 7.13. The summed E-state index contributed by atoms with van der Waals surface area (Å²) in [5.74, 6) is 0.807. The molecule has 0 aromatic heterocycles. The minimum absolute atomic E-state index is 0.0714. The van der Waals surface area contributed by atoms with E-state index in [2.05, 4.69) is 55.3 Å². The van der Waals surface area contributed by atoms with Crippen LogP contribution in [0.5, 0.6) is 11.5 Å². The van der Waals surface area contributed by atoms with Crippen LogP contribution in [0, 0.1) is 3.57 Å². The third-order valence-corrected chi connectivity index (χ3v) is 6.67. The van der Waals surface area contributed by atoms with Crippen molar-refractivity contribution in [1.82, 2.24) is 5.43 Å². The lowest BCUT2D eigenvalue weighted by molar-refractivity contribution is 0.0954. The molecule has 6 nitrogen and oxygen atoms in total. The van der Waals surface area contributed by atoms with Crippen LogP contribution in [0.1, 0.15) is 67.9 Å². The van der Waals surface area contributed by atoms with E-state index in [1.54, 1.807) is 25.5 Å². The summed E-state index contributed by atoms with van der Waals surface area (Å²) in [5.41, 5.74) is 6.24. The van der Waals surface area contributed by atoms with E-state index in [1.165, 1.54) is 17.3 Å². The molecule has 2 aromatic carbocycles. The topological polar surface area (TPSA) is 74.2 Å². The zero-order valence-electron chi connectivity index (χ0n) is 18.7. The van der Waals surface area contributed by atoms with E-state index in [0.717, 1.165) is 30.7 Å². The second-order valence-corrected chi connectivity index (χ2v) is 9.75. The fourth-order valence-corrected chi connectivity index (χ4v) is 4.67. The van der Waals surface area contributed by atoms with Gasteiger partial charge in [-0.15, -0.1) is 0 Å². The van der Waals surface area contributed by atoms with E-state index in [0.29, 0.717) is 15.1 Å². The van der Waals surface area contributed by atoms with Crippen LogP contribution in [0.4, 0.5) is 5.69 Å². The first-order valence-corrected chi connectivity index (χ1v) is 11.6. The SMILES string of the molecule is CCCN1c2cc(OC)c(/C=N\NC(=O)c3ccc(I)c(O)c3)cc2C(C)CC1(C)C. The number of phenols is 1. The van der Waals surface area contributed by atoms with Gasteiger partial charge in [-0.25, -0.2) is 5.43 Å². The number of carbonyl (C=O) groups excluding carboxylic acids is 1. The molecule has 0 spiro atoms. The standard InChI is InChI=1S/C24H30IN3O3/c1-6-9-28-20-12-22(31-5)17(10-18(20)15(2)13-24(28,3)4)14-26-27-23(30)16-7-8-19(25)21(29)11-16/h7-8,10-12,14-15,29H,6,9,13H2,1-5H3,(H,27,30)/b26-14-. The fourth-order valence-electron chi connectivity index (χ4n) is 4.33. The Hall–Kier alpha value is -2.29. The number of anilines is 1. The molecule has 1 aliphatic rings. The number of aromatic hydroxyl groups is 1. The number of carbonyl (C=O) groups is 1. The Balaban J connectivity index is 1.87. The molecule has 1 aliphatic heterocycles. The Morgan fingerprint density at radius 1 is 1.39 bits per heavy atom. The number of hydrazone groups is 1. The molecule has 2 N–H and O–H groups in total. The minimum atomic E-state index is -0.385. The van der Waals surface area contributed by atoms with E-state index in [4.69, 9.17) is 4.74 Å². The second kappa shape index (κ2) is 9.46. The number of nitrogens with zero attached hydrogens (tertiary/aromatic N) is 2. The van der Waals surface area contributed by atoms with Crippen LogP contribution in [-0.2, 0) is 0 Å². The highest BCUT2D eigenvalue weighted by atomic mass is 127. The van der Waals surface area contributed by atoms with Gasteiger partial charge in [0.25, 0.3) is 5.91 Å². The molecular formula is C24H30IN3O3. The van der Waals surface area contributed by atoms with Crippen molar-refractivity contribution in [2.45, 2.75) is 52.0 Å². The van der Waals surface area contributed by atoms with Crippen molar-refractivity contribution >= 4 is 40.4 Å². The van der Waals surface area contributed by atoms with Crippen LogP contribution >= 0.6 is 22.6 Å². The molecule has 0 aliphatic carbocycles. The molecule has 1 amide bonds. The molecule has 1 atom stereocenters. The lowest BCUT2D eigenvalue weighted by Crippen LogP contribution is -2.48. The lowest BCUT2D eigenvalue weighted by atomic mass is 9.79. The van der Waals surface area contributed by atoms with Gasteiger partial charge in [0.1, 0.15) is 11.5 Å². The summed E-state index contributed by atoms with van der Waals surface area (Å²) in [6.07, 6.45) is 3.75. The molecular weight excluding hydrogens is 505 g/mol. The van der Waals surface area contributed by atoms with Gasteiger partial charge in [0.15, 0.2) is 0 Å². The molecule has 3 rings (SSSR count). The fraction of sp³-hybridized carbons (Fsp3) is 0.417. The van der Waals surface area contributed by atoms with Crippen LogP contribution in [0.25, 0.3) is 0 Å². The van der Waals surface area contributed by atoms with Gasteiger partial charge in [-0.05, 0) is 85.0 Å². The molecule has 0 saturated heterocycles. The van der Waals surface area contributed by atoms with Gasteiger partial charge in [0, 0.05) is 35.0 Å². The van der Waals surface area contributed by atoms with Crippen LogP contribution in [-0.4, -0.2) is 36.4 Å². The number of phenolic OH excluding ortho intramolecular Hbond substituents is 1. The van der Waals surface area contributed by atoms with Crippen LogP contribution in [0.2, 0.25) is 0 Å². The number of fused-ring (bicyclic) bond motifs is 1. The van der Waals surface area contributed by atoms with Gasteiger partial charge >= 0.3 is 0 Å². The average molecular weight is 535 g/mol. The molecule has 31 heavy (non-hydrogen) atoms. The summed E-state index contributed by atoms with van der Waals surface area (Å²) < 4.78 is 6.33. The first kappa shape index (κ1) is 23.4. The Bertz CT molecular complexity index is 1000. The van der Waals surface area contributed by atoms with Gasteiger partial charge in [0.05, 0.1) is 16.9 Å². The highest BCUT2D eigenvalue weighted by Gasteiger charge is 2.36. The van der Waals surface area contributed by atoms with Crippen molar-refractivity contribution in [3.8, 4) is 11.5 Å². The largest absolute Gasteiger partial charge is 0.507 e. The quantitative estimate of drug-likeness (QED) is 0.300. The number of amides is 1. The Labute approximate surface area is 197 Å². The van der Waals surface area contributed by atoms with E-state index in [1.807, 2.05) is 22.6 Å². The highest BCUT2D eigenvalue weighted by molar-refractivity contribution is 14.1. The first-order chi connectivity index (χ1) is 14.7. The molecule has 166 valence electrons. The smallest absolute Gasteiger partial charge is 0.271 e. The molecule has 0 bridgehead atoms. The maximum Gasteiger partial charge on any atom is 0.271 e. The molecule has 2 aromatic rings.